The number of benzene rings is 2. The molecule has 7 nitrogen and oxygen atoms in total. The van der Waals surface area contributed by atoms with Gasteiger partial charge in [-0.25, -0.2) is 0 Å². The first-order chi connectivity index (χ1) is 13.5. The summed E-state index contributed by atoms with van der Waals surface area (Å²) in [6.45, 7) is 3.90. The van der Waals surface area contributed by atoms with Crippen molar-refractivity contribution in [3.05, 3.63) is 66.2 Å². The molecule has 0 aliphatic heterocycles. The second kappa shape index (κ2) is 7.26. The number of hydrogen-bond acceptors (Lipinski definition) is 4. The van der Waals surface area contributed by atoms with Crippen LogP contribution >= 0.6 is 0 Å². The number of para-hydroxylation sites is 2. The van der Waals surface area contributed by atoms with Crippen molar-refractivity contribution in [2.24, 2.45) is 11.8 Å². The molecule has 2 atom stereocenters. The van der Waals surface area contributed by atoms with E-state index in [1.165, 1.54) is 0 Å². The normalized spacial score (nSPS) is 17.8. The molecule has 0 unspecified atom stereocenters. The van der Waals surface area contributed by atoms with E-state index in [0.717, 1.165) is 17.9 Å². The van der Waals surface area contributed by atoms with Gasteiger partial charge in [0.25, 0.3) is 5.91 Å². The van der Waals surface area contributed by atoms with Crippen molar-refractivity contribution >= 4 is 23.2 Å². The summed E-state index contributed by atoms with van der Waals surface area (Å²) in [5, 5.41) is 13.7. The van der Waals surface area contributed by atoms with Crippen LogP contribution in [0.1, 0.15) is 29.5 Å². The monoisotopic (exact) mass is 375 g/mol. The molecule has 3 aromatic rings. The minimum Gasteiger partial charge on any atom is -0.326 e. The zero-order valence-electron chi connectivity index (χ0n) is 15.7. The lowest BCUT2D eigenvalue weighted by Crippen LogP contribution is -2.16. The van der Waals surface area contributed by atoms with E-state index in [-0.39, 0.29) is 17.7 Å². The van der Waals surface area contributed by atoms with Crippen LogP contribution in [0.15, 0.2) is 54.9 Å². The van der Waals surface area contributed by atoms with E-state index in [1.807, 2.05) is 35.8 Å². The van der Waals surface area contributed by atoms with Gasteiger partial charge in [0, 0.05) is 17.2 Å². The Hall–Kier alpha value is -3.48. The van der Waals surface area contributed by atoms with Gasteiger partial charge >= 0.3 is 0 Å². The van der Waals surface area contributed by atoms with Gasteiger partial charge in [0.05, 0.1) is 11.4 Å². The highest BCUT2D eigenvalue weighted by molar-refractivity contribution is 6.06. The van der Waals surface area contributed by atoms with E-state index in [0.29, 0.717) is 22.9 Å². The van der Waals surface area contributed by atoms with Crippen LogP contribution in [0.5, 0.6) is 0 Å². The third-order valence-electron chi connectivity index (χ3n) is 4.97. The van der Waals surface area contributed by atoms with Crippen LogP contribution in [0.4, 0.5) is 11.4 Å². The van der Waals surface area contributed by atoms with Crippen molar-refractivity contribution in [2.45, 2.75) is 20.3 Å². The molecule has 2 N–H and O–H groups in total. The molecule has 4 rings (SSSR count). The number of amides is 2. The zero-order chi connectivity index (χ0) is 19.7. The average Bonchev–Trinajstić information content (AvgIpc) is 3.28. The minimum atomic E-state index is -0.255. The molecule has 1 heterocycles. The van der Waals surface area contributed by atoms with Crippen molar-refractivity contribution < 1.29 is 9.59 Å². The van der Waals surface area contributed by atoms with E-state index in [1.54, 1.807) is 30.6 Å². The Balaban J connectivity index is 1.53. The zero-order valence-corrected chi connectivity index (χ0v) is 15.7. The smallest absolute Gasteiger partial charge is 0.255 e. The maximum Gasteiger partial charge on any atom is 0.255 e. The number of rotatable bonds is 5. The number of nitrogens with one attached hydrogen (secondary N) is 2. The topological polar surface area (TPSA) is 88.9 Å². The van der Waals surface area contributed by atoms with E-state index < -0.39 is 0 Å². The van der Waals surface area contributed by atoms with Crippen LogP contribution in [0.2, 0.25) is 0 Å². The molecule has 1 aliphatic carbocycles. The molecule has 1 saturated carbocycles. The summed E-state index contributed by atoms with van der Waals surface area (Å²) in [5.74, 6) is 0.994. The molecule has 0 bridgehead atoms. The average molecular weight is 375 g/mol. The molecule has 142 valence electrons. The van der Waals surface area contributed by atoms with Crippen LogP contribution in [0, 0.1) is 18.8 Å². The molecule has 7 heteroatoms. The first-order valence-corrected chi connectivity index (χ1v) is 9.21. The van der Waals surface area contributed by atoms with Crippen LogP contribution in [0.25, 0.3) is 5.69 Å². The van der Waals surface area contributed by atoms with Gasteiger partial charge in [0.2, 0.25) is 5.91 Å². The fourth-order valence-corrected chi connectivity index (χ4v) is 3.17. The summed E-state index contributed by atoms with van der Waals surface area (Å²) in [4.78, 5) is 24.9. The van der Waals surface area contributed by atoms with Gasteiger partial charge in [0.1, 0.15) is 12.2 Å². The molecule has 2 amide bonds. The lowest BCUT2D eigenvalue weighted by atomic mass is 10.1. The molecule has 1 aromatic heterocycles. The van der Waals surface area contributed by atoms with Gasteiger partial charge in [-0.2, -0.15) is 0 Å². The molecule has 1 fully saturated rings. The lowest BCUT2D eigenvalue weighted by molar-refractivity contribution is -0.117. The number of aromatic nitrogens is 3. The fourth-order valence-electron chi connectivity index (χ4n) is 3.17. The Morgan fingerprint density at radius 1 is 1.11 bits per heavy atom. The van der Waals surface area contributed by atoms with E-state index in [9.17, 15) is 9.59 Å². The second-order valence-electron chi connectivity index (χ2n) is 7.11. The summed E-state index contributed by atoms with van der Waals surface area (Å²) in [5.41, 5.74) is 2.53. The Kier molecular flexibility index (Phi) is 4.65. The molecule has 1 aliphatic rings. The van der Waals surface area contributed by atoms with Crippen LogP contribution in [-0.4, -0.2) is 26.6 Å². The Morgan fingerprint density at radius 2 is 1.89 bits per heavy atom. The lowest BCUT2D eigenvalue weighted by Gasteiger charge is -2.13. The molecule has 0 saturated heterocycles. The quantitative estimate of drug-likeness (QED) is 0.715. The molecule has 28 heavy (non-hydrogen) atoms. The molecule has 0 spiro atoms. The SMILES string of the molecule is Cc1nncn1-c1ccccc1NC(=O)c1cccc(NC(=O)[C@H]2C[C@@H]2C)c1. The number of hydrogen-bond donors (Lipinski definition) is 2. The third kappa shape index (κ3) is 3.64. The van der Waals surface area contributed by atoms with Crippen molar-refractivity contribution in [1.29, 1.82) is 0 Å². The summed E-state index contributed by atoms with van der Waals surface area (Å²) in [6.07, 6.45) is 2.53. The maximum atomic E-state index is 12.8. The van der Waals surface area contributed by atoms with Crippen molar-refractivity contribution in [2.75, 3.05) is 10.6 Å². The van der Waals surface area contributed by atoms with Crippen LogP contribution < -0.4 is 10.6 Å². The number of aryl methyl sites for hydroxylation is 1. The Bertz CT molecular complexity index is 1040. The van der Waals surface area contributed by atoms with Gasteiger partial charge in [-0.15, -0.1) is 10.2 Å². The Morgan fingerprint density at radius 3 is 2.61 bits per heavy atom. The third-order valence-corrected chi connectivity index (χ3v) is 4.97. The van der Waals surface area contributed by atoms with Crippen LogP contribution in [-0.2, 0) is 4.79 Å². The predicted molar refractivity (Wildman–Crippen MR) is 106 cm³/mol. The highest BCUT2D eigenvalue weighted by Gasteiger charge is 2.39. The number of carbonyl (C=O) groups is 2. The number of anilines is 2. The Labute approximate surface area is 162 Å². The number of nitrogens with zero attached hydrogens (tertiary/aromatic N) is 3. The maximum absolute atomic E-state index is 12.8. The molecular weight excluding hydrogens is 354 g/mol. The standard InChI is InChI=1S/C21H21N5O2/c1-13-10-17(13)21(28)23-16-7-5-6-15(11-16)20(27)24-18-8-3-4-9-19(18)26-12-22-25-14(26)2/h3-9,11-13,17H,10H2,1-2H3,(H,23,28)(H,24,27)/t13-,17-/m0/s1. The van der Waals surface area contributed by atoms with E-state index >= 15 is 0 Å². The van der Waals surface area contributed by atoms with Crippen molar-refractivity contribution in [1.82, 2.24) is 14.8 Å². The summed E-state index contributed by atoms with van der Waals surface area (Å²) in [6, 6.07) is 14.4. The van der Waals surface area contributed by atoms with Crippen LogP contribution in [0.3, 0.4) is 0 Å². The summed E-state index contributed by atoms with van der Waals surface area (Å²) in [7, 11) is 0. The number of carbonyl (C=O) groups excluding carboxylic acids is 2. The molecule has 2 aromatic carbocycles. The largest absolute Gasteiger partial charge is 0.326 e. The summed E-state index contributed by atoms with van der Waals surface area (Å²) >= 11 is 0. The van der Waals surface area contributed by atoms with Gasteiger partial charge in [-0.05, 0) is 49.6 Å². The molecular formula is C21H21N5O2. The fraction of sp³-hybridized carbons (Fsp3) is 0.238. The van der Waals surface area contributed by atoms with Crippen molar-refractivity contribution in [3.8, 4) is 5.69 Å². The highest BCUT2D eigenvalue weighted by atomic mass is 16.2. The predicted octanol–water partition coefficient (Wildman–Crippen LogP) is 3.42. The van der Waals surface area contributed by atoms with E-state index in [4.69, 9.17) is 0 Å². The second-order valence-corrected chi connectivity index (χ2v) is 7.11. The van der Waals surface area contributed by atoms with Gasteiger partial charge < -0.3 is 10.6 Å². The first-order valence-electron chi connectivity index (χ1n) is 9.21. The van der Waals surface area contributed by atoms with Gasteiger partial charge in [0.15, 0.2) is 0 Å². The summed E-state index contributed by atoms with van der Waals surface area (Å²) < 4.78 is 1.81. The first kappa shape index (κ1) is 17.9. The van der Waals surface area contributed by atoms with Gasteiger partial charge in [-0.1, -0.05) is 25.1 Å². The van der Waals surface area contributed by atoms with E-state index in [2.05, 4.69) is 27.8 Å². The van der Waals surface area contributed by atoms with Gasteiger partial charge in [-0.3, -0.25) is 14.2 Å². The molecule has 0 radical (unpaired) electrons. The van der Waals surface area contributed by atoms with Crippen molar-refractivity contribution in [3.63, 3.8) is 0 Å². The minimum absolute atomic E-state index is 0.0125. The highest BCUT2D eigenvalue weighted by Crippen LogP contribution is 2.38.